The molecule has 2 aromatic heterocycles. The molecule has 0 bridgehead atoms. The summed E-state index contributed by atoms with van der Waals surface area (Å²) in [6.07, 6.45) is 8.74. The zero-order valence-electron chi connectivity index (χ0n) is 14.3. The highest BCUT2D eigenvalue weighted by atomic mass is 32.1. The van der Waals surface area contributed by atoms with Gasteiger partial charge in [0.25, 0.3) is 0 Å². The molecule has 3 rings (SSSR count). The second kappa shape index (κ2) is 7.79. The van der Waals surface area contributed by atoms with E-state index in [4.69, 9.17) is 0 Å². The lowest BCUT2D eigenvalue weighted by molar-refractivity contribution is 0.177. The molecule has 6 nitrogen and oxygen atoms in total. The van der Waals surface area contributed by atoms with Gasteiger partial charge in [-0.2, -0.15) is 5.10 Å². The van der Waals surface area contributed by atoms with Gasteiger partial charge in [0.1, 0.15) is 5.01 Å². The summed E-state index contributed by atoms with van der Waals surface area (Å²) in [4.78, 5) is 18.8. The van der Waals surface area contributed by atoms with Gasteiger partial charge >= 0.3 is 6.03 Å². The van der Waals surface area contributed by atoms with Crippen LogP contribution in [0.4, 0.5) is 4.79 Å². The normalized spacial score (nSPS) is 17.0. The molecule has 130 valence electrons. The Morgan fingerprint density at radius 1 is 1.42 bits per heavy atom. The van der Waals surface area contributed by atoms with Gasteiger partial charge in [-0.3, -0.25) is 4.68 Å². The standard InChI is InChI=1S/C17H25N5OS/c1-3-15(16-18-7-10-24-16)20-17(23)21-8-5-13(6-9-21)14-11-19-22(4-2)12-14/h7,10-13,15H,3-6,8-9H2,1-2H3,(H,20,23)/t15-/m0/s1. The average Bonchev–Trinajstić information content (AvgIpc) is 3.31. The van der Waals surface area contributed by atoms with Gasteiger partial charge in [0.2, 0.25) is 0 Å². The first-order valence-corrected chi connectivity index (χ1v) is 9.56. The number of thiazole rings is 1. The number of amides is 2. The molecule has 1 atom stereocenters. The Bertz CT molecular complexity index is 646. The molecular formula is C17H25N5OS. The molecule has 2 aromatic rings. The molecule has 2 amide bonds. The van der Waals surface area contributed by atoms with Crippen molar-refractivity contribution in [1.82, 2.24) is 25.0 Å². The highest BCUT2D eigenvalue weighted by Crippen LogP contribution is 2.28. The number of carbonyl (C=O) groups is 1. The molecule has 24 heavy (non-hydrogen) atoms. The molecule has 1 aliphatic rings. The van der Waals surface area contributed by atoms with E-state index < -0.39 is 0 Å². The van der Waals surface area contributed by atoms with Crippen LogP contribution < -0.4 is 5.32 Å². The lowest BCUT2D eigenvalue weighted by atomic mass is 9.92. The lowest BCUT2D eigenvalue weighted by Gasteiger charge is -2.32. The average molecular weight is 347 g/mol. The number of hydrogen-bond donors (Lipinski definition) is 1. The molecule has 7 heteroatoms. The van der Waals surface area contributed by atoms with Crippen LogP contribution in [-0.2, 0) is 6.54 Å². The number of nitrogens with one attached hydrogen (secondary N) is 1. The van der Waals surface area contributed by atoms with Crippen molar-refractivity contribution in [1.29, 1.82) is 0 Å². The molecule has 0 aliphatic carbocycles. The Balaban J connectivity index is 1.53. The number of carbonyl (C=O) groups excluding carboxylic acids is 1. The van der Waals surface area contributed by atoms with Crippen LogP contribution in [0.25, 0.3) is 0 Å². The van der Waals surface area contributed by atoms with E-state index in [0.29, 0.717) is 5.92 Å². The van der Waals surface area contributed by atoms with E-state index in [9.17, 15) is 4.79 Å². The van der Waals surface area contributed by atoms with Crippen molar-refractivity contribution >= 4 is 17.4 Å². The van der Waals surface area contributed by atoms with E-state index in [0.717, 1.165) is 43.9 Å². The Hall–Kier alpha value is -1.89. The Morgan fingerprint density at radius 2 is 2.21 bits per heavy atom. The van der Waals surface area contributed by atoms with Gasteiger partial charge in [-0.05, 0) is 37.7 Å². The summed E-state index contributed by atoms with van der Waals surface area (Å²) in [5.41, 5.74) is 1.30. The first-order chi connectivity index (χ1) is 11.7. The SMILES string of the molecule is CC[C@H](NC(=O)N1CCC(c2cnn(CC)c2)CC1)c1nccs1. The molecule has 1 N–H and O–H groups in total. The quantitative estimate of drug-likeness (QED) is 0.901. The topological polar surface area (TPSA) is 63.1 Å². The minimum absolute atomic E-state index is 0.0120. The first kappa shape index (κ1) is 17.0. The summed E-state index contributed by atoms with van der Waals surface area (Å²) in [7, 11) is 0. The number of piperidine rings is 1. The highest BCUT2D eigenvalue weighted by Gasteiger charge is 2.26. The van der Waals surface area contributed by atoms with Crippen LogP contribution >= 0.6 is 11.3 Å². The van der Waals surface area contributed by atoms with Gasteiger partial charge in [0.05, 0.1) is 12.2 Å². The van der Waals surface area contributed by atoms with Crippen LogP contribution in [0.1, 0.15) is 55.6 Å². The fourth-order valence-electron chi connectivity index (χ4n) is 3.16. The summed E-state index contributed by atoms with van der Waals surface area (Å²) in [5.74, 6) is 0.510. The van der Waals surface area contributed by atoms with Crippen LogP contribution in [0.2, 0.25) is 0 Å². The maximum absolute atomic E-state index is 12.5. The van der Waals surface area contributed by atoms with E-state index in [1.807, 2.05) is 21.2 Å². The molecule has 0 spiro atoms. The summed E-state index contributed by atoms with van der Waals surface area (Å²) in [6.45, 7) is 6.65. The van der Waals surface area contributed by atoms with E-state index in [1.54, 1.807) is 17.5 Å². The number of aromatic nitrogens is 3. The van der Waals surface area contributed by atoms with Crippen molar-refractivity contribution < 1.29 is 4.79 Å². The summed E-state index contributed by atoms with van der Waals surface area (Å²) in [6, 6.07) is 0.0396. The second-order valence-electron chi connectivity index (χ2n) is 6.17. The fourth-order valence-corrected chi connectivity index (χ4v) is 3.94. The summed E-state index contributed by atoms with van der Waals surface area (Å²) >= 11 is 1.59. The van der Waals surface area contributed by atoms with Crippen molar-refractivity contribution in [2.24, 2.45) is 0 Å². The largest absolute Gasteiger partial charge is 0.329 e. The van der Waals surface area contributed by atoms with Crippen LogP contribution in [0.15, 0.2) is 24.0 Å². The van der Waals surface area contributed by atoms with E-state index in [1.165, 1.54) is 5.56 Å². The molecule has 1 aliphatic heterocycles. The number of aryl methyl sites for hydroxylation is 1. The number of rotatable bonds is 5. The Morgan fingerprint density at radius 3 is 2.79 bits per heavy atom. The van der Waals surface area contributed by atoms with E-state index in [-0.39, 0.29) is 12.1 Å². The van der Waals surface area contributed by atoms with Gasteiger partial charge < -0.3 is 10.2 Å². The number of hydrogen-bond acceptors (Lipinski definition) is 4. The molecule has 0 aromatic carbocycles. The van der Waals surface area contributed by atoms with Crippen LogP contribution in [-0.4, -0.2) is 38.8 Å². The molecule has 1 saturated heterocycles. The number of likely N-dealkylation sites (tertiary alicyclic amines) is 1. The third-order valence-corrected chi connectivity index (χ3v) is 5.58. The molecule has 0 radical (unpaired) electrons. The van der Waals surface area contributed by atoms with E-state index in [2.05, 4.69) is 35.4 Å². The van der Waals surface area contributed by atoms with Crippen molar-refractivity contribution in [3.63, 3.8) is 0 Å². The third kappa shape index (κ3) is 3.77. The Labute approximate surface area is 146 Å². The van der Waals surface area contributed by atoms with Crippen LogP contribution in [0.3, 0.4) is 0 Å². The second-order valence-corrected chi connectivity index (χ2v) is 7.10. The predicted molar refractivity (Wildman–Crippen MR) is 95.1 cm³/mol. The predicted octanol–water partition coefficient (Wildman–Crippen LogP) is 3.40. The molecule has 3 heterocycles. The minimum Gasteiger partial charge on any atom is -0.329 e. The Kier molecular flexibility index (Phi) is 5.50. The highest BCUT2D eigenvalue weighted by molar-refractivity contribution is 7.09. The fraction of sp³-hybridized carbons (Fsp3) is 0.588. The zero-order chi connectivity index (χ0) is 16.9. The smallest absolute Gasteiger partial charge is 0.317 e. The maximum atomic E-state index is 12.5. The lowest BCUT2D eigenvalue weighted by Crippen LogP contribution is -2.45. The van der Waals surface area contributed by atoms with E-state index >= 15 is 0 Å². The van der Waals surface area contributed by atoms with Crippen molar-refractivity contribution in [3.05, 3.63) is 34.5 Å². The minimum atomic E-state index is 0.0120. The van der Waals surface area contributed by atoms with Crippen molar-refractivity contribution in [2.45, 2.75) is 51.6 Å². The van der Waals surface area contributed by atoms with Crippen LogP contribution in [0, 0.1) is 0 Å². The van der Waals surface area contributed by atoms with Gasteiger partial charge in [-0.1, -0.05) is 6.92 Å². The van der Waals surface area contributed by atoms with Gasteiger partial charge in [-0.15, -0.1) is 11.3 Å². The summed E-state index contributed by atoms with van der Waals surface area (Å²) < 4.78 is 1.97. The molecule has 0 unspecified atom stereocenters. The van der Waals surface area contributed by atoms with Crippen molar-refractivity contribution in [3.8, 4) is 0 Å². The zero-order valence-corrected chi connectivity index (χ0v) is 15.1. The molecule has 0 saturated carbocycles. The van der Waals surface area contributed by atoms with Gasteiger partial charge in [0.15, 0.2) is 0 Å². The first-order valence-electron chi connectivity index (χ1n) is 8.68. The molecule has 1 fully saturated rings. The monoisotopic (exact) mass is 347 g/mol. The van der Waals surface area contributed by atoms with Crippen LogP contribution in [0.5, 0.6) is 0 Å². The molecular weight excluding hydrogens is 322 g/mol. The number of urea groups is 1. The van der Waals surface area contributed by atoms with Crippen molar-refractivity contribution in [2.75, 3.05) is 13.1 Å². The van der Waals surface area contributed by atoms with Gasteiger partial charge in [0, 0.05) is 37.4 Å². The summed E-state index contributed by atoms with van der Waals surface area (Å²) in [5, 5.41) is 10.4. The number of nitrogens with zero attached hydrogens (tertiary/aromatic N) is 4. The maximum Gasteiger partial charge on any atom is 0.317 e. The third-order valence-electron chi connectivity index (χ3n) is 4.69. The van der Waals surface area contributed by atoms with Gasteiger partial charge in [-0.25, -0.2) is 9.78 Å².